The van der Waals surface area contributed by atoms with Gasteiger partial charge in [0.25, 0.3) is 0 Å². The van der Waals surface area contributed by atoms with Crippen LogP contribution < -0.4 is 11.1 Å². The number of aliphatic hydroxyl groups excluding tert-OH is 5. The maximum atomic E-state index is 9.73. The standard InChI is InChI=1S/C13H22N2O5/c1-7-4-8(2-3-9(7)14)15-5-10(17)12(19)13(20)11(18)6-16/h2-4,10-13,15-20H,5-6,14H2,1H3. The number of nitrogen functional groups attached to an aromatic ring is 1. The molecule has 0 radical (unpaired) electrons. The molecule has 0 aliphatic carbocycles. The highest BCUT2D eigenvalue weighted by Gasteiger charge is 2.29. The van der Waals surface area contributed by atoms with Crippen LogP contribution in [0.3, 0.4) is 0 Å². The minimum absolute atomic E-state index is 0.0280. The maximum absolute atomic E-state index is 9.73. The third-order valence-corrected chi connectivity index (χ3v) is 3.11. The van der Waals surface area contributed by atoms with Crippen LogP contribution in [0.1, 0.15) is 5.56 Å². The Labute approximate surface area is 117 Å². The monoisotopic (exact) mass is 286 g/mol. The number of aryl methyl sites for hydroxylation is 1. The zero-order chi connectivity index (χ0) is 15.3. The van der Waals surface area contributed by atoms with E-state index in [1.807, 2.05) is 6.92 Å². The Hall–Kier alpha value is -1.38. The van der Waals surface area contributed by atoms with Crippen molar-refractivity contribution < 1.29 is 25.5 Å². The molecule has 1 aromatic rings. The van der Waals surface area contributed by atoms with E-state index >= 15 is 0 Å². The molecular formula is C13H22N2O5. The number of anilines is 2. The zero-order valence-electron chi connectivity index (χ0n) is 11.3. The van der Waals surface area contributed by atoms with E-state index in [0.29, 0.717) is 11.4 Å². The van der Waals surface area contributed by atoms with Crippen LogP contribution in [0.4, 0.5) is 11.4 Å². The third-order valence-electron chi connectivity index (χ3n) is 3.11. The molecule has 0 aliphatic rings. The second kappa shape index (κ2) is 7.41. The Morgan fingerprint density at radius 1 is 1.10 bits per heavy atom. The lowest BCUT2D eigenvalue weighted by atomic mass is 10.0. The molecule has 0 spiro atoms. The van der Waals surface area contributed by atoms with Gasteiger partial charge in [0.05, 0.1) is 12.7 Å². The molecule has 20 heavy (non-hydrogen) atoms. The van der Waals surface area contributed by atoms with Gasteiger partial charge in [-0.1, -0.05) is 0 Å². The summed E-state index contributed by atoms with van der Waals surface area (Å²) in [5, 5.41) is 49.6. The summed E-state index contributed by atoms with van der Waals surface area (Å²) in [6, 6.07) is 5.22. The molecule has 0 saturated heterocycles. The van der Waals surface area contributed by atoms with Gasteiger partial charge in [-0.05, 0) is 30.7 Å². The normalized spacial score (nSPS) is 17.3. The summed E-state index contributed by atoms with van der Waals surface area (Å²) in [4.78, 5) is 0. The average molecular weight is 286 g/mol. The number of rotatable bonds is 7. The van der Waals surface area contributed by atoms with Crippen LogP contribution in [0.2, 0.25) is 0 Å². The largest absolute Gasteiger partial charge is 0.399 e. The van der Waals surface area contributed by atoms with Crippen LogP contribution in [-0.4, -0.2) is 63.1 Å². The molecular weight excluding hydrogens is 264 g/mol. The second-order valence-electron chi connectivity index (χ2n) is 4.75. The van der Waals surface area contributed by atoms with Gasteiger partial charge in [0.1, 0.15) is 18.3 Å². The summed E-state index contributed by atoms with van der Waals surface area (Å²) < 4.78 is 0. The summed E-state index contributed by atoms with van der Waals surface area (Å²) in [6.45, 7) is 1.11. The van der Waals surface area contributed by atoms with Crippen LogP contribution in [0, 0.1) is 6.92 Å². The van der Waals surface area contributed by atoms with Crippen molar-refractivity contribution in [3.05, 3.63) is 23.8 Å². The van der Waals surface area contributed by atoms with Crippen molar-refractivity contribution in [2.45, 2.75) is 31.3 Å². The lowest BCUT2D eigenvalue weighted by molar-refractivity contribution is -0.111. The van der Waals surface area contributed by atoms with Crippen LogP contribution in [0.25, 0.3) is 0 Å². The number of hydrogen-bond acceptors (Lipinski definition) is 7. The number of benzene rings is 1. The van der Waals surface area contributed by atoms with Crippen molar-refractivity contribution in [3.8, 4) is 0 Å². The van der Waals surface area contributed by atoms with Crippen LogP contribution in [-0.2, 0) is 0 Å². The van der Waals surface area contributed by atoms with E-state index in [4.69, 9.17) is 10.8 Å². The Morgan fingerprint density at radius 3 is 2.25 bits per heavy atom. The molecule has 1 rings (SSSR count). The molecule has 0 fully saturated rings. The van der Waals surface area contributed by atoms with E-state index in [9.17, 15) is 20.4 Å². The van der Waals surface area contributed by atoms with Crippen molar-refractivity contribution in [2.24, 2.45) is 0 Å². The summed E-state index contributed by atoms with van der Waals surface area (Å²) in [5.41, 5.74) is 7.91. The SMILES string of the molecule is Cc1cc(NCC(O)C(O)C(O)C(O)CO)ccc1N. The Morgan fingerprint density at radius 2 is 1.70 bits per heavy atom. The molecule has 8 N–H and O–H groups in total. The van der Waals surface area contributed by atoms with Gasteiger partial charge in [-0.25, -0.2) is 0 Å². The van der Waals surface area contributed by atoms with E-state index in [1.54, 1.807) is 18.2 Å². The Kier molecular flexibility index (Phi) is 6.18. The number of nitrogens with one attached hydrogen (secondary N) is 1. The van der Waals surface area contributed by atoms with Gasteiger partial charge in [0, 0.05) is 17.9 Å². The second-order valence-corrected chi connectivity index (χ2v) is 4.75. The summed E-state index contributed by atoms with van der Waals surface area (Å²) >= 11 is 0. The number of nitrogens with two attached hydrogens (primary N) is 1. The first-order chi connectivity index (χ1) is 9.36. The lowest BCUT2D eigenvalue weighted by Crippen LogP contribution is -2.48. The minimum atomic E-state index is -1.62. The van der Waals surface area contributed by atoms with E-state index in [2.05, 4.69) is 5.32 Å². The average Bonchev–Trinajstić information content (AvgIpc) is 2.45. The van der Waals surface area contributed by atoms with E-state index in [1.165, 1.54) is 0 Å². The fourth-order valence-corrected chi connectivity index (χ4v) is 1.69. The van der Waals surface area contributed by atoms with Crippen molar-refractivity contribution in [3.63, 3.8) is 0 Å². The molecule has 4 atom stereocenters. The first kappa shape index (κ1) is 16.7. The van der Waals surface area contributed by atoms with Crippen molar-refractivity contribution >= 4 is 11.4 Å². The van der Waals surface area contributed by atoms with Crippen molar-refractivity contribution in [2.75, 3.05) is 24.2 Å². The first-order valence-corrected chi connectivity index (χ1v) is 6.30. The van der Waals surface area contributed by atoms with Gasteiger partial charge in [-0.15, -0.1) is 0 Å². The van der Waals surface area contributed by atoms with Gasteiger partial charge in [0.2, 0.25) is 0 Å². The van der Waals surface area contributed by atoms with Crippen LogP contribution in [0.5, 0.6) is 0 Å². The predicted octanol–water partition coefficient (Wildman–Crippen LogP) is -1.57. The highest BCUT2D eigenvalue weighted by atomic mass is 16.4. The predicted molar refractivity (Wildman–Crippen MR) is 75.2 cm³/mol. The van der Waals surface area contributed by atoms with Gasteiger partial charge in [-0.2, -0.15) is 0 Å². The molecule has 0 amide bonds. The van der Waals surface area contributed by atoms with E-state index < -0.39 is 31.0 Å². The number of hydrogen-bond donors (Lipinski definition) is 7. The molecule has 0 aliphatic heterocycles. The molecule has 0 bridgehead atoms. The Bertz CT molecular complexity index is 429. The highest BCUT2D eigenvalue weighted by molar-refractivity contribution is 5.56. The van der Waals surface area contributed by atoms with E-state index in [0.717, 1.165) is 5.56 Å². The zero-order valence-corrected chi connectivity index (χ0v) is 11.3. The van der Waals surface area contributed by atoms with Gasteiger partial charge < -0.3 is 36.6 Å². The molecule has 0 heterocycles. The topological polar surface area (TPSA) is 139 Å². The molecule has 0 saturated carbocycles. The fraction of sp³-hybridized carbons (Fsp3) is 0.538. The van der Waals surface area contributed by atoms with Gasteiger partial charge in [0.15, 0.2) is 0 Å². The van der Waals surface area contributed by atoms with Crippen molar-refractivity contribution in [1.82, 2.24) is 0 Å². The highest BCUT2D eigenvalue weighted by Crippen LogP contribution is 2.16. The van der Waals surface area contributed by atoms with Gasteiger partial charge >= 0.3 is 0 Å². The lowest BCUT2D eigenvalue weighted by Gasteiger charge is -2.26. The first-order valence-electron chi connectivity index (χ1n) is 6.30. The molecule has 4 unspecified atom stereocenters. The summed E-state index contributed by atoms with van der Waals surface area (Å²) in [7, 11) is 0. The third kappa shape index (κ3) is 4.32. The molecule has 7 heteroatoms. The Balaban J connectivity index is 2.53. The smallest absolute Gasteiger partial charge is 0.111 e. The fourth-order valence-electron chi connectivity index (χ4n) is 1.69. The maximum Gasteiger partial charge on any atom is 0.111 e. The molecule has 7 nitrogen and oxygen atoms in total. The quantitative estimate of drug-likeness (QED) is 0.300. The molecule has 0 aromatic heterocycles. The van der Waals surface area contributed by atoms with E-state index in [-0.39, 0.29) is 6.54 Å². The van der Waals surface area contributed by atoms with Gasteiger partial charge in [-0.3, -0.25) is 0 Å². The summed E-state index contributed by atoms with van der Waals surface area (Å²) in [6.07, 6.45) is -5.99. The van der Waals surface area contributed by atoms with Crippen LogP contribution in [0.15, 0.2) is 18.2 Å². The summed E-state index contributed by atoms with van der Waals surface area (Å²) in [5.74, 6) is 0. The molecule has 114 valence electrons. The van der Waals surface area contributed by atoms with Crippen molar-refractivity contribution in [1.29, 1.82) is 0 Å². The molecule has 1 aromatic carbocycles. The van der Waals surface area contributed by atoms with Crippen LogP contribution >= 0.6 is 0 Å². The number of aliphatic hydroxyl groups is 5. The minimum Gasteiger partial charge on any atom is -0.399 e.